The zero-order chi connectivity index (χ0) is 20.9. The SMILES string of the molecule is O=C(CSCC(=O)N1CCc2ccccc2C1)Nc1nc(-c2ccc(Cl)cc2)cs1. The molecule has 0 saturated carbocycles. The van der Waals surface area contributed by atoms with Crippen molar-refractivity contribution in [2.45, 2.75) is 13.0 Å². The molecule has 0 radical (unpaired) electrons. The Balaban J connectivity index is 1.23. The highest BCUT2D eigenvalue weighted by atomic mass is 35.5. The maximum Gasteiger partial charge on any atom is 0.236 e. The third kappa shape index (κ3) is 5.22. The highest BCUT2D eigenvalue weighted by Crippen LogP contribution is 2.26. The van der Waals surface area contributed by atoms with Gasteiger partial charge in [-0.2, -0.15) is 0 Å². The quantitative estimate of drug-likeness (QED) is 0.581. The van der Waals surface area contributed by atoms with Crippen LogP contribution in [-0.2, 0) is 22.6 Å². The van der Waals surface area contributed by atoms with E-state index in [9.17, 15) is 9.59 Å². The molecule has 1 aliphatic heterocycles. The minimum atomic E-state index is -0.159. The highest BCUT2D eigenvalue weighted by Gasteiger charge is 2.20. The number of thiazole rings is 1. The fourth-order valence-electron chi connectivity index (χ4n) is 3.27. The molecule has 3 aromatic rings. The maximum absolute atomic E-state index is 12.5. The number of amides is 2. The number of anilines is 1. The molecule has 1 N–H and O–H groups in total. The Bertz CT molecular complexity index is 1050. The number of aromatic nitrogens is 1. The first kappa shape index (κ1) is 20.9. The van der Waals surface area contributed by atoms with E-state index >= 15 is 0 Å². The molecule has 0 saturated heterocycles. The van der Waals surface area contributed by atoms with Crippen molar-refractivity contribution >= 4 is 51.6 Å². The van der Waals surface area contributed by atoms with Crippen molar-refractivity contribution in [2.24, 2.45) is 0 Å². The van der Waals surface area contributed by atoms with Crippen LogP contribution in [0.5, 0.6) is 0 Å². The second-order valence-electron chi connectivity index (χ2n) is 6.92. The van der Waals surface area contributed by atoms with Crippen molar-refractivity contribution in [3.05, 3.63) is 70.1 Å². The number of carbonyl (C=O) groups is 2. The average Bonchev–Trinajstić information content (AvgIpc) is 3.22. The normalized spacial score (nSPS) is 13.0. The van der Waals surface area contributed by atoms with Crippen molar-refractivity contribution in [1.82, 2.24) is 9.88 Å². The van der Waals surface area contributed by atoms with E-state index in [0.29, 0.717) is 22.5 Å². The monoisotopic (exact) mass is 457 g/mol. The molecule has 0 spiro atoms. The van der Waals surface area contributed by atoms with E-state index < -0.39 is 0 Å². The Hall–Kier alpha value is -2.35. The fraction of sp³-hybridized carbons (Fsp3) is 0.227. The molecule has 0 unspecified atom stereocenters. The van der Waals surface area contributed by atoms with Gasteiger partial charge in [0.2, 0.25) is 11.8 Å². The van der Waals surface area contributed by atoms with Gasteiger partial charge in [0.05, 0.1) is 17.2 Å². The summed E-state index contributed by atoms with van der Waals surface area (Å²) < 4.78 is 0. The zero-order valence-corrected chi connectivity index (χ0v) is 18.5. The lowest BCUT2D eigenvalue weighted by Gasteiger charge is -2.28. The van der Waals surface area contributed by atoms with Crippen LogP contribution in [0.25, 0.3) is 11.3 Å². The lowest BCUT2D eigenvalue weighted by atomic mass is 10.00. The first-order chi connectivity index (χ1) is 14.6. The molecule has 5 nitrogen and oxygen atoms in total. The van der Waals surface area contributed by atoms with Crippen LogP contribution in [0.15, 0.2) is 53.9 Å². The van der Waals surface area contributed by atoms with Gasteiger partial charge < -0.3 is 10.2 Å². The molecule has 1 aromatic heterocycles. The summed E-state index contributed by atoms with van der Waals surface area (Å²) in [7, 11) is 0. The van der Waals surface area contributed by atoms with E-state index in [1.54, 1.807) is 0 Å². The molecule has 2 amide bonds. The van der Waals surface area contributed by atoms with E-state index in [-0.39, 0.29) is 17.6 Å². The standard InChI is InChI=1S/C22H20ClN3O2S2/c23-18-7-5-16(6-8-18)19-12-30-22(24-19)25-20(27)13-29-14-21(28)26-10-9-15-3-1-2-4-17(15)11-26/h1-8,12H,9-11,13-14H2,(H,24,25,27). The smallest absolute Gasteiger partial charge is 0.236 e. The van der Waals surface area contributed by atoms with Gasteiger partial charge in [-0.15, -0.1) is 23.1 Å². The zero-order valence-electron chi connectivity index (χ0n) is 16.1. The van der Waals surface area contributed by atoms with E-state index in [2.05, 4.69) is 22.4 Å². The molecule has 0 atom stereocenters. The van der Waals surface area contributed by atoms with Crippen LogP contribution in [-0.4, -0.2) is 39.7 Å². The van der Waals surface area contributed by atoms with Crippen LogP contribution >= 0.6 is 34.7 Å². The van der Waals surface area contributed by atoms with E-state index in [1.165, 1.54) is 34.2 Å². The van der Waals surface area contributed by atoms with Gasteiger partial charge in [-0.25, -0.2) is 4.98 Å². The molecule has 30 heavy (non-hydrogen) atoms. The third-order valence-electron chi connectivity index (χ3n) is 4.83. The average molecular weight is 458 g/mol. The molecular formula is C22H20ClN3O2S2. The summed E-state index contributed by atoms with van der Waals surface area (Å²) in [5, 5.41) is 5.91. The van der Waals surface area contributed by atoms with Gasteiger partial charge in [-0.3, -0.25) is 9.59 Å². The van der Waals surface area contributed by atoms with Crippen molar-refractivity contribution < 1.29 is 9.59 Å². The number of hydrogen-bond donors (Lipinski definition) is 1. The van der Waals surface area contributed by atoms with Crippen LogP contribution in [0.3, 0.4) is 0 Å². The van der Waals surface area contributed by atoms with Crippen molar-refractivity contribution in [2.75, 3.05) is 23.4 Å². The van der Waals surface area contributed by atoms with Crippen LogP contribution in [0.2, 0.25) is 5.02 Å². The summed E-state index contributed by atoms with van der Waals surface area (Å²) >= 11 is 8.61. The van der Waals surface area contributed by atoms with Gasteiger partial charge in [0, 0.05) is 29.1 Å². The molecule has 2 aromatic carbocycles. The molecule has 0 fully saturated rings. The summed E-state index contributed by atoms with van der Waals surface area (Å²) in [5.41, 5.74) is 4.26. The Morgan fingerprint density at radius 1 is 1.10 bits per heavy atom. The molecule has 8 heteroatoms. The number of nitrogens with one attached hydrogen (secondary N) is 1. The second kappa shape index (κ2) is 9.64. The topological polar surface area (TPSA) is 62.3 Å². The fourth-order valence-corrected chi connectivity index (χ4v) is 4.85. The van der Waals surface area contributed by atoms with Gasteiger partial charge in [0.15, 0.2) is 5.13 Å². The summed E-state index contributed by atoms with van der Waals surface area (Å²) in [5.74, 6) is 0.422. The Labute approximate surface area is 188 Å². The van der Waals surface area contributed by atoms with E-state index in [4.69, 9.17) is 11.6 Å². The van der Waals surface area contributed by atoms with Crippen LogP contribution in [0, 0.1) is 0 Å². The first-order valence-corrected chi connectivity index (χ1v) is 11.9. The van der Waals surface area contributed by atoms with Gasteiger partial charge >= 0.3 is 0 Å². The Kier molecular flexibility index (Phi) is 6.72. The van der Waals surface area contributed by atoms with Gasteiger partial charge in [0.25, 0.3) is 0 Å². The van der Waals surface area contributed by atoms with Gasteiger partial charge in [-0.1, -0.05) is 48.0 Å². The summed E-state index contributed by atoms with van der Waals surface area (Å²) in [4.78, 5) is 31.0. The Morgan fingerprint density at radius 3 is 2.67 bits per heavy atom. The number of halogens is 1. The third-order valence-corrected chi connectivity index (χ3v) is 6.76. The predicted octanol–water partition coefficient (Wildman–Crippen LogP) is 4.72. The number of thioether (sulfide) groups is 1. The van der Waals surface area contributed by atoms with E-state index in [1.807, 2.05) is 46.7 Å². The number of nitrogens with zero attached hydrogens (tertiary/aromatic N) is 2. The van der Waals surface area contributed by atoms with Crippen molar-refractivity contribution in [3.63, 3.8) is 0 Å². The first-order valence-electron chi connectivity index (χ1n) is 9.52. The summed E-state index contributed by atoms with van der Waals surface area (Å²) in [6.45, 7) is 1.38. The van der Waals surface area contributed by atoms with Crippen molar-refractivity contribution in [1.29, 1.82) is 0 Å². The minimum absolute atomic E-state index is 0.0709. The molecule has 2 heterocycles. The predicted molar refractivity (Wildman–Crippen MR) is 124 cm³/mol. The molecule has 0 bridgehead atoms. The van der Waals surface area contributed by atoms with Gasteiger partial charge in [0.1, 0.15) is 0 Å². The number of fused-ring (bicyclic) bond motifs is 1. The lowest BCUT2D eigenvalue weighted by Crippen LogP contribution is -2.37. The number of benzene rings is 2. The van der Waals surface area contributed by atoms with E-state index in [0.717, 1.165) is 24.2 Å². The molecular weight excluding hydrogens is 438 g/mol. The van der Waals surface area contributed by atoms with Gasteiger partial charge in [-0.05, 0) is 29.7 Å². The second-order valence-corrected chi connectivity index (χ2v) is 9.20. The highest BCUT2D eigenvalue weighted by molar-refractivity contribution is 8.00. The molecule has 0 aliphatic carbocycles. The minimum Gasteiger partial charge on any atom is -0.337 e. The maximum atomic E-state index is 12.5. The van der Waals surface area contributed by atoms with Crippen LogP contribution in [0.1, 0.15) is 11.1 Å². The molecule has 1 aliphatic rings. The summed E-state index contributed by atoms with van der Waals surface area (Å²) in [6, 6.07) is 15.6. The van der Waals surface area contributed by atoms with Crippen LogP contribution < -0.4 is 5.32 Å². The largest absolute Gasteiger partial charge is 0.337 e. The van der Waals surface area contributed by atoms with Crippen molar-refractivity contribution in [3.8, 4) is 11.3 Å². The Morgan fingerprint density at radius 2 is 1.87 bits per heavy atom. The number of rotatable bonds is 6. The number of hydrogen-bond acceptors (Lipinski definition) is 5. The molecule has 154 valence electrons. The van der Waals surface area contributed by atoms with Crippen LogP contribution in [0.4, 0.5) is 5.13 Å². The molecule has 4 rings (SSSR count). The lowest BCUT2D eigenvalue weighted by molar-refractivity contribution is -0.129. The number of carbonyl (C=O) groups excluding carboxylic acids is 2. The summed E-state index contributed by atoms with van der Waals surface area (Å²) in [6.07, 6.45) is 0.882.